The highest BCUT2D eigenvalue weighted by Crippen LogP contribution is 2.25. The van der Waals surface area contributed by atoms with E-state index < -0.39 is 0 Å². The van der Waals surface area contributed by atoms with Gasteiger partial charge in [-0.15, -0.1) is 0 Å². The Hall–Kier alpha value is -2.37. The number of carbonyl (C=O) groups is 2. The van der Waals surface area contributed by atoms with Crippen molar-refractivity contribution in [3.63, 3.8) is 0 Å². The van der Waals surface area contributed by atoms with Gasteiger partial charge in [-0.25, -0.2) is 0 Å². The fourth-order valence-electron chi connectivity index (χ4n) is 4.70. The average Bonchev–Trinajstić information content (AvgIpc) is 2.82. The lowest BCUT2D eigenvalue weighted by molar-refractivity contribution is -0.120. The van der Waals surface area contributed by atoms with Gasteiger partial charge in [0.1, 0.15) is 0 Å². The molecule has 2 N–H and O–H groups in total. The second-order valence-corrected chi connectivity index (χ2v) is 9.49. The first kappa shape index (κ1) is 22.8. The highest BCUT2D eigenvalue weighted by Gasteiger charge is 2.23. The summed E-state index contributed by atoms with van der Waals surface area (Å²) in [6.45, 7) is 2.80. The molecule has 170 valence electrons. The number of nitrogens with zero attached hydrogens (tertiary/aromatic N) is 1. The van der Waals surface area contributed by atoms with Crippen LogP contribution in [0.2, 0.25) is 5.02 Å². The van der Waals surface area contributed by atoms with Crippen LogP contribution < -0.4 is 10.6 Å². The Morgan fingerprint density at radius 1 is 0.938 bits per heavy atom. The molecular weight excluding hydrogens is 422 g/mol. The van der Waals surface area contributed by atoms with Gasteiger partial charge in [0.05, 0.1) is 0 Å². The monoisotopic (exact) mass is 453 g/mol. The molecule has 1 aliphatic carbocycles. The van der Waals surface area contributed by atoms with Crippen LogP contribution in [-0.4, -0.2) is 35.8 Å². The van der Waals surface area contributed by atoms with Crippen LogP contribution in [0.15, 0.2) is 48.5 Å². The van der Waals surface area contributed by atoms with E-state index in [0.717, 1.165) is 63.2 Å². The molecule has 1 aliphatic heterocycles. The number of halogens is 1. The summed E-state index contributed by atoms with van der Waals surface area (Å²) in [4.78, 5) is 27.7. The fourth-order valence-corrected chi connectivity index (χ4v) is 4.83. The number of hydrogen-bond acceptors (Lipinski definition) is 3. The minimum Gasteiger partial charge on any atom is -0.349 e. The first-order valence-corrected chi connectivity index (χ1v) is 12.1. The molecule has 2 amide bonds. The molecule has 1 saturated carbocycles. The Kier molecular flexibility index (Phi) is 7.82. The Balaban J connectivity index is 1.25. The zero-order valence-corrected chi connectivity index (χ0v) is 19.2. The molecule has 2 aromatic carbocycles. The van der Waals surface area contributed by atoms with Gasteiger partial charge >= 0.3 is 0 Å². The standard InChI is InChI=1S/C26H32ClN3O2/c27-22-11-9-19(10-12-22)18-30-15-13-23(14-16-30)28-26(32)21-7-4-8-24(17-21)29-25(31)20-5-2-1-3-6-20/h4,7-12,17,20,23H,1-3,5-6,13-16,18H2,(H,28,32)(H,29,31). The first-order valence-electron chi connectivity index (χ1n) is 11.8. The maximum absolute atomic E-state index is 12.8. The van der Waals surface area contributed by atoms with Crippen LogP contribution in [0.3, 0.4) is 0 Å². The number of rotatable bonds is 6. The molecule has 32 heavy (non-hydrogen) atoms. The molecule has 2 aliphatic rings. The Labute approximate surface area is 195 Å². The lowest BCUT2D eigenvalue weighted by Crippen LogP contribution is -2.44. The maximum Gasteiger partial charge on any atom is 0.251 e. The van der Waals surface area contributed by atoms with Crippen molar-refractivity contribution in [3.8, 4) is 0 Å². The summed E-state index contributed by atoms with van der Waals surface area (Å²) in [6, 6.07) is 15.4. The van der Waals surface area contributed by atoms with Crippen molar-refractivity contribution in [2.24, 2.45) is 5.92 Å². The molecule has 6 heteroatoms. The quantitative estimate of drug-likeness (QED) is 0.627. The minimum atomic E-state index is -0.0742. The third-order valence-corrected chi connectivity index (χ3v) is 6.86. The number of amides is 2. The number of likely N-dealkylation sites (tertiary alicyclic amines) is 1. The lowest BCUT2D eigenvalue weighted by Gasteiger charge is -2.32. The molecule has 1 heterocycles. The van der Waals surface area contributed by atoms with Crippen LogP contribution in [0.5, 0.6) is 0 Å². The summed E-state index contributed by atoms with van der Waals surface area (Å²) in [5.41, 5.74) is 2.55. The van der Waals surface area contributed by atoms with E-state index in [0.29, 0.717) is 11.3 Å². The number of piperidine rings is 1. The van der Waals surface area contributed by atoms with Crippen molar-refractivity contribution >= 4 is 29.1 Å². The summed E-state index contributed by atoms with van der Waals surface area (Å²) in [5, 5.41) is 6.94. The van der Waals surface area contributed by atoms with Gasteiger partial charge in [-0.1, -0.05) is 49.1 Å². The van der Waals surface area contributed by atoms with E-state index in [9.17, 15) is 9.59 Å². The SMILES string of the molecule is O=C(NC1CCN(Cc2ccc(Cl)cc2)CC1)c1cccc(NC(=O)C2CCCCC2)c1. The summed E-state index contributed by atoms with van der Waals surface area (Å²) in [7, 11) is 0. The zero-order valence-electron chi connectivity index (χ0n) is 18.5. The van der Waals surface area contributed by atoms with E-state index >= 15 is 0 Å². The van der Waals surface area contributed by atoms with E-state index in [1.807, 2.05) is 24.3 Å². The van der Waals surface area contributed by atoms with E-state index in [1.54, 1.807) is 12.1 Å². The highest BCUT2D eigenvalue weighted by atomic mass is 35.5. The molecule has 0 unspecified atom stereocenters. The number of carbonyl (C=O) groups excluding carboxylic acids is 2. The van der Waals surface area contributed by atoms with Crippen LogP contribution in [-0.2, 0) is 11.3 Å². The number of nitrogens with one attached hydrogen (secondary N) is 2. The second kappa shape index (κ2) is 11.0. The molecule has 4 rings (SSSR count). The normalized spacial score (nSPS) is 18.3. The van der Waals surface area contributed by atoms with Gasteiger partial charge < -0.3 is 10.6 Å². The number of anilines is 1. The summed E-state index contributed by atoms with van der Waals surface area (Å²) in [5.74, 6) is 0.101. The lowest BCUT2D eigenvalue weighted by atomic mass is 9.88. The smallest absolute Gasteiger partial charge is 0.251 e. The molecule has 0 aromatic heterocycles. The van der Waals surface area contributed by atoms with Crippen molar-refractivity contribution < 1.29 is 9.59 Å². The van der Waals surface area contributed by atoms with Crippen molar-refractivity contribution in [1.29, 1.82) is 0 Å². The minimum absolute atomic E-state index is 0.0742. The zero-order chi connectivity index (χ0) is 22.3. The van der Waals surface area contributed by atoms with Crippen molar-refractivity contribution in [1.82, 2.24) is 10.2 Å². The van der Waals surface area contributed by atoms with Crippen molar-refractivity contribution in [2.45, 2.75) is 57.5 Å². The summed E-state index contributed by atoms with van der Waals surface area (Å²) >= 11 is 5.97. The molecule has 1 saturated heterocycles. The third-order valence-electron chi connectivity index (χ3n) is 6.61. The fraction of sp³-hybridized carbons (Fsp3) is 0.462. The molecule has 2 fully saturated rings. The molecule has 0 radical (unpaired) electrons. The largest absolute Gasteiger partial charge is 0.349 e. The summed E-state index contributed by atoms with van der Waals surface area (Å²) < 4.78 is 0. The van der Waals surface area contributed by atoms with Crippen LogP contribution >= 0.6 is 11.6 Å². The van der Waals surface area contributed by atoms with Crippen molar-refractivity contribution in [2.75, 3.05) is 18.4 Å². The number of benzene rings is 2. The van der Waals surface area contributed by atoms with E-state index in [2.05, 4.69) is 27.7 Å². The molecule has 0 atom stereocenters. The van der Waals surface area contributed by atoms with Gasteiger partial charge in [-0.3, -0.25) is 14.5 Å². The Bertz CT molecular complexity index is 917. The molecule has 2 aromatic rings. The molecule has 0 spiro atoms. The van der Waals surface area contributed by atoms with Crippen LogP contribution in [0.4, 0.5) is 5.69 Å². The van der Waals surface area contributed by atoms with Crippen molar-refractivity contribution in [3.05, 3.63) is 64.7 Å². The Morgan fingerprint density at radius 3 is 2.38 bits per heavy atom. The Morgan fingerprint density at radius 2 is 1.66 bits per heavy atom. The summed E-state index contributed by atoms with van der Waals surface area (Å²) in [6.07, 6.45) is 7.25. The van der Waals surface area contributed by atoms with Gasteiger partial charge in [-0.05, 0) is 61.6 Å². The van der Waals surface area contributed by atoms with Gasteiger partial charge in [-0.2, -0.15) is 0 Å². The first-order chi connectivity index (χ1) is 15.6. The van der Waals surface area contributed by atoms with E-state index in [-0.39, 0.29) is 23.8 Å². The van der Waals surface area contributed by atoms with E-state index in [4.69, 9.17) is 11.6 Å². The average molecular weight is 454 g/mol. The van der Waals surface area contributed by atoms with Crippen LogP contribution in [0.1, 0.15) is 60.9 Å². The van der Waals surface area contributed by atoms with Gasteiger partial charge in [0.25, 0.3) is 5.91 Å². The van der Waals surface area contributed by atoms with E-state index in [1.165, 1.54) is 12.0 Å². The van der Waals surface area contributed by atoms with Crippen LogP contribution in [0.25, 0.3) is 0 Å². The van der Waals surface area contributed by atoms with Gasteiger partial charge in [0.2, 0.25) is 5.91 Å². The van der Waals surface area contributed by atoms with Gasteiger partial charge in [0, 0.05) is 47.9 Å². The maximum atomic E-state index is 12.8. The predicted molar refractivity (Wildman–Crippen MR) is 129 cm³/mol. The predicted octanol–water partition coefficient (Wildman–Crippen LogP) is 5.25. The highest BCUT2D eigenvalue weighted by molar-refractivity contribution is 6.30. The topological polar surface area (TPSA) is 61.4 Å². The van der Waals surface area contributed by atoms with Gasteiger partial charge in [0.15, 0.2) is 0 Å². The third kappa shape index (κ3) is 6.33. The van der Waals surface area contributed by atoms with Crippen LogP contribution in [0, 0.1) is 5.92 Å². The second-order valence-electron chi connectivity index (χ2n) is 9.06. The molecule has 5 nitrogen and oxygen atoms in total. The molecular formula is C26H32ClN3O2. The molecule has 0 bridgehead atoms. The number of hydrogen-bond donors (Lipinski definition) is 2.